The Morgan fingerprint density at radius 1 is 0.562 bits per heavy atom. The molecular formula is C26H56NO4P. The van der Waals surface area contributed by atoms with Gasteiger partial charge in [-0.05, 0) is 25.7 Å². The topological polar surface area (TPSA) is 70.8 Å². The normalized spacial score (nSPS) is 13.0. The average molecular weight is 478 g/mol. The van der Waals surface area contributed by atoms with Crippen LogP contribution in [-0.4, -0.2) is 19.4 Å². The minimum Gasteiger partial charge on any atom is -0.306 e. The molecule has 0 aliphatic carbocycles. The van der Waals surface area contributed by atoms with E-state index < -0.39 is 14.1 Å². The Kier molecular flexibility index (Phi) is 24.3. The molecule has 6 heteroatoms. The van der Waals surface area contributed by atoms with Crippen LogP contribution in [0.1, 0.15) is 149 Å². The van der Waals surface area contributed by atoms with Crippen LogP contribution in [0, 0.1) is 0 Å². The molecule has 0 heterocycles. The van der Waals surface area contributed by atoms with Crippen molar-refractivity contribution in [2.75, 3.05) is 13.2 Å². The van der Waals surface area contributed by atoms with E-state index in [0.29, 0.717) is 19.6 Å². The van der Waals surface area contributed by atoms with Crippen LogP contribution in [0.2, 0.25) is 0 Å². The lowest BCUT2D eigenvalue weighted by Crippen LogP contribution is -2.23. The standard InChI is InChI=1S/C26H56NO4P/c1-4-7-10-11-12-13-14-15-16-17-18-19-20-21-22-23-26(27)31-32(28,29-24-8-5-2)30-25-9-6-3/h26H,4-25,27H2,1-3H3. The Labute approximate surface area is 200 Å². The third-order valence-corrected chi connectivity index (χ3v) is 7.38. The van der Waals surface area contributed by atoms with Gasteiger partial charge in [0.15, 0.2) is 0 Å². The molecule has 0 aromatic heterocycles. The number of nitrogens with two attached hydrogens (primary N) is 1. The van der Waals surface area contributed by atoms with Gasteiger partial charge in [0, 0.05) is 0 Å². The van der Waals surface area contributed by atoms with E-state index in [1.807, 2.05) is 0 Å². The van der Waals surface area contributed by atoms with Crippen LogP contribution in [0.3, 0.4) is 0 Å². The summed E-state index contributed by atoms with van der Waals surface area (Å²) >= 11 is 0. The highest BCUT2D eigenvalue weighted by Gasteiger charge is 2.29. The van der Waals surface area contributed by atoms with Gasteiger partial charge in [-0.15, -0.1) is 0 Å². The molecule has 2 N–H and O–H groups in total. The Morgan fingerprint density at radius 2 is 0.906 bits per heavy atom. The minimum absolute atomic E-state index is 0.381. The van der Waals surface area contributed by atoms with Gasteiger partial charge in [-0.25, -0.2) is 4.57 Å². The first-order valence-electron chi connectivity index (χ1n) is 13.9. The first kappa shape index (κ1) is 32.1. The van der Waals surface area contributed by atoms with Crippen molar-refractivity contribution in [2.45, 2.75) is 155 Å². The molecule has 1 unspecified atom stereocenters. The van der Waals surface area contributed by atoms with Crippen LogP contribution in [0.15, 0.2) is 0 Å². The summed E-state index contributed by atoms with van der Waals surface area (Å²) < 4.78 is 29.2. The summed E-state index contributed by atoms with van der Waals surface area (Å²) in [6.45, 7) is 7.17. The van der Waals surface area contributed by atoms with Gasteiger partial charge in [0.05, 0.1) is 13.2 Å². The second kappa shape index (κ2) is 24.2. The van der Waals surface area contributed by atoms with Crippen LogP contribution < -0.4 is 5.73 Å². The quantitative estimate of drug-likeness (QED) is 0.0763. The molecule has 0 saturated heterocycles. The second-order valence-electron chi connectivity index (χ2n) is 9.20. The van der Waals surface area contributed by atoms with Gasteiger partial charge in [-0.2, -0.15) is 0 Å². The summed E-state index contributed by atoms with van der Waals surface area (Å²) in [7, 11) is -3.55. The number of hydrogen-bond acceptors (Lipinski definition) is 5. The van der Waals surface area contributed by atoms with Gasteiger partial charge in [0.1, 0.15) is 6.23 Å². The van der Waals surface area contributed by atoms with Gasteiger partial charge >= 0.3 is 7.82 Å². The van der Waals surface area contributed by atoms with E-state index >= 15 is 0 Å². The van der Waals surface area contributed by atoms with Crippen molar-refractivity contribution in [1.82, 2.24) is 0 Å². The summed E-state index contributed by atoms with van der Waals surface area (Å²) in [6.07, 6.45) is 23.7. The van der Waals surface area contributed by atoms with Crippen molar-refractivity contribution < 1.29 is 18.1 Å². The van der Waals surface area contributed by atoms with E-state index in [-0.39, 0.29) is 0 Å². The van der Waals surface area contributed by atoms with Gasteiger partial charge in [0.25, 0.3) is 0 Å². The fourth-order valence-electron chi connectivity index (χ4n) is 3.67. The molecule has 0 rings (SSSR count). The summed E-state index contributed by atoms with van der Waals surface area (Å²) in [6, 6.07) is 0. The summed E-state index contributed by atoms with van der Waals surface area (Å²) in [5.74, 6) is 0. The van der Waals surface area contributed by atoms with Gasteiger partial charge in [-0.3, -0.25) is 13.6 Å². The fraction of sp³-hybridized carbons (Fsp3) is 1.00. The average Bonchev–Trinajstić information content (AvgIpc) is 2.76. The molecule has 0 fully saturated rings. The van der Waals surface area contributed by atoms with E-state index in [2.05, 4.69) is 20.8 Å². The second-order valence-corrected chi connectivity index (χ2v) is 10.8. The SMILES string of the molecule is CCCCCCCCCCCCCCCCCC(N)OP(=O)(OCCCC)OCCCC. The maximum atomic E-state index is 12.8. The van der Waals surface area contributed by atoms with Crippen molar-refractivity contribution in [1.29, 1.82) is 0 Å². The van der Waals surface area contributed by atoms with Crippen molar-refractivity contribution in [2.24, 2.45) is 5.73 Å². The zero-order chi connectivity index (χ0) is 23.8. The first-order valence-corrected chi connectivity index (χ1v) is 15.4. The Morgan fingerprint density at radius 3 is 1.28 bits per heavy atom. The van der Waals surface area contributed by atoms with E-state index in [0.717, 1.165) is 38.5 Å². The lowest BCUT2D eigenvalue weighted by atomic mass is 10.0. The molecular weight excluding hydrogens is 421 g/mol. The monoisotopic (exact) mass is 477 g/mol. The maximum Gasteiger partial charge on any atom is 0.476 e. The predicted molar refractivity (Wildman–Crippen MR) is 138 cm³/mol. The molecule has 0 radical (unpaired) electrons. The Bertz CT molecular complexity index is 409. The number of hydrogen-bond donors (Lipinski definition) is 1. The molecule has 32 heavy (non-hydrogen) atoms. The third kappa shape index (κ3) is 21.9. The van der Waals surface area contributed by atoms with Gasteiger partial charge < -0.3 is 5.73 Å². The zero-order valence-electron chi connectivity index (χ0n) is 21.8. The van der Waals surface area contributed by atoms with E-state index in [4.69, 9.17) is 19.3 Å². The highest BCUT2D eigenvalue weighted by Crippen LogP contribution is 2.50. The number of phosphoric ester groups is 1. The largest absolute Gasteiger partial charge is 0.476 e. The molecule has 0 aromatic rings. The molecule has 0 saturated carbocycles. The smallest absolute Gasteiger partial charge is 0.306 e. The fourth-order valence-corrected chi connectivity index (χ4v) is 5.01. The minimum atomic E-state index is -3.55. The number of phosphoric acid groups is 1. The van der Waals surface area contributed by atoms with Crippen molar-refractivity contribution in [3.05, 3.63) is 0 Å². The molecule has 0 aliphatic rings. The Balaban J connectivity index is 3.66. The van der Waals surface area contributed by atoms with Crippen LogP contribution in [0.25, 0.3) is 0 Å². The van der Waals surface area contributed by atoms with E-state index in [1.165, 1.54) is 83.5 Å². The van der Waals surface area contributed by atoms with Crippen LogP contribution in [-0.2, 0) is 18.1 Å². The molecule has 194 valence electrons. The van der Waals surface area contributed by atoms with E-state index in [1.54, 1.807) is 0 Å². The summed E-state index contributed by atoms with van der Waals surface area (Å²) in [4.78, 5) is 0. The summed E-state index contributed by atoms with van der Waals surface area (Å²) in [5, 5.41) is 0. The highest BCUT2D eigenvalue weighted by atomic mass is 31.2. The molecule has 5 nitrogen and oxygen atoms in total. The molecule has 1 atom stereocenters. The number of unbranched alkanes of at least 4 members (excludes halogenated alkanes) is 16. The third-order valence-electron chi connectivity index (χ3n) is 5.85. The lowest BCUT2D eigenvalue weighted by molar-refractivity contribution is 0.0742. The molecule has 0 spiro atoms. The highest BCUT2D eigenvalue weighted by molar-refractivity contribution is 7.48. The van der Waals surface area contributed by atoms with E-state index in [9.17, 15) is 4.57 Å². The lowest BCUT2D eigenvalue weighted by Gasteiger charge is -2.21. The van der Waals surface area contributed by atoms with Crippen molar-refractivity contribution in [3.63, 3.8) is 0 Å². The maximum absolute atomic E-state index is 12.8. The van der Waals surface area contributed by atoms with Crippen molar-refractivity contribution >= 4 is 7.82 Å². The van der Waals surface area contributed by atoms with Crippen LogP contribution >= 0.6 is 7.82 Å². The van der Waals surface area contributed by atoms with Crippen LogP contribution in [0.5, 0.6) is 0 Å². The van der Waals surface area contributed by atoms with Crippen LogP contribution in [0.4, 0.5) is 0 Å². The molecule has 0 amide bonds. The predicted octanol–water partition coefficient (Wildman–Crippen LogP) is 9.29. The zero-order valence-corrected chi connectivity index (χ0v) is 22.7. The van der Waals surface area contributed by atoms with Gasteiger partial charge in [-0.1, -0.05) is 124 Å². The number of rotatable bonds is 26. The summed E-state index contributed by atoms with van der Waals surface area (Å²) in [5.41, 5.74) is 6.07. The Hall–Kier alpha value is 0.0700. The first-order chi connectivity index (χ1) is 15.6. The molecule has 0 bridgehead atoms. The molecule has 0 aliphatic heterocycles. The van der Waals surface area contributed by atoms with Crippen molar-refractivity contribution in [3.8, 4) is 0 Å². The molecule has 0 aromatic carbocycles. The van der Waals surface area contributed by atoms with Gasteiger partial charge in [0.2, 0.25) is 0 Å².